The maximum absolute atomic E-state index is 11.0. The average molecular weight is 280 g/mol. The van der Waals surface area contributed by atoms with Gasteiger partial charge in [-0.1, -0.05) is 13.8 Å². The van der Waals surface area contributed by atoms with Crippen LogP contribution in [-0.2, 0) is 33.5 Å². The van der Waals surface area contributed by atoms with Crippen molar-refractivity contribution in [2.75, 3.05) is 19.8 Å². The van der Waals surface area contributed by atoms with Gasteiger partial charge in [0.05, 0.1) is 26.2 Å². The maximum atomic E-state index is 11.0. The number of aryl methyl sites for hydroxylation is 2. The van der Waals surface area contributed by atoms with E-state index in [1.54, 1.807) is 0 Å². The third-order valence-corrected chi connectivity index (χ3v) is 3.30. The molecule has 1 atom stereocenters. The van der Waals surface area contributed by atoms with Gasteiger partial charge in [-0.05, 0) is 12.8 Å². The van der Waals surface area contributed by atoms with Crippen molar-refractivity contribution >= 4 is 5.97 Å². The van der Waals surface area contributed by atoms with Crippen LogP contribution >= 0.6 is 0 Å². The van der Waals surface area contributed by atoms with Crippen LogP contribution < -0.4 is 0 Å². The predicted octanol–water partition coefficient (Wildman–Crippen LogP) is 1.32. The van der Waals surface area contributed by atoms with E-state index < -0.39 is 5.97 Å². The van der Waals surface area contributed by atoms with E-state index in [2.05, 4.69) is 9.97 Å². The molecule has 1 N–H and O–H groups in total. The number of hydrogen-bond acceptors (Lipinski definition) is 5. The summed E-state index contributed by atoms with van der Waals surface area (Å²) in [5, 5.41) is 9.02. The van der Waals surface area contributed by atoms with Crippen molar-refractivity contribution in [3.05, 3.63) is 22.8 Å². The Bertz CT molecular complexity index is 459. The fraction of sp³-hybridized carbons (Fsp3) is 0.643. The summed E-state index contributed by atoms with van der Waals surface area (Å²) < 4.78 is 11.0. The molecule has 1 aromatic rings. The third kappa shape index (κ3) is 3.32. The molecular weight excluding hydrogens is 260 g/mol. The van der Waals surface area contributed by atoms with Crippen molar-refractivity contribution in [3.8, 4) is 0 Å². The van der Waals surface area contributed by atoms with Gasteiger partial charge in [0.25, 0.3) is 0 Å². The van der Waals surface area contributed by atoms with E-state index in [4.69, 9.17) is 14.6 Å². The Kier molecular flexibility index (Phi) is 5.03. The summed E-state index contributed by atoms with van der Waals surface area (Å²) in [6, 6.07) is 0. The Balaban J connectivity index is 2.37. The molecule has 2 heterocycles. The number of carboxylic acids is 1. The van der Waals surface area contributed by atoms with Gasteiger partial charge in [0.2, 0.25) is 0 Å². The van der Waals surface area contributed by atoms with E-state index >= 15 is 0 Å². The Morgan fingerprint density at radius 3 is 2.35 bits per heavy atom. The molecule has 1 saturated heterocycles. The molecule has 0 amide bonds. The highest BCUT2D eigenvalue weighted by Crippen LogP contribution is 2.21. The van der Waals surface area contributed by atoms with Crippen LogP contribution in [0.15, 0.2) is 0 Å². The highest BCUT2D eigenvalue weighted by Gasteiger charge is 2.23. The zero-order valence-electron chi connectivity index (χ0n) is 11.9. The van der Waals surface area contributed by atoms with E-state index in [-0.39, 0.29) is 12.5 Å². The summed E-state index contributed by atoms with van der Waals surface area (Å²) in [4.78, 5) is 20.0. The molecule has 6 heteroatoms. The lowest BCUT2D eigenvalue weighted by atomic mass is 10.0. The van der Waals surface area contributed by atoms with Gasteiger partial charge < -0.3 is 14.6 Å². The summed E-state index contributed by atoms with van der Waals surface area (Å²) in [5.41, 5.74) is 2.33. The summed E-state index contributed by atoms with van der Waals surface area (Å²) in [5.74, 6) is -0.254. The number of nitrogens with zero attached hydrogens (tertiary/aromatic N) is 2. The summed E-state index contributed by atoms with van der Waals surface area (Å²) >= 11 is 0. The van der Waals surface area contributed by atoms with Crippen LogP contribution in [0.2, 0.25) is 0 Å². The normalized spacial score (nSPS) is 19.0. The van der Waals surface area contributed by atoms with E-state index in [1.165, 1.54) is 0 Å². The lowest BCUT2D eigenvalue weighted by molar-refractivity contribution is -0.136. The van der Waals surface area contributed by atoms with Gasteiger partial charge in [0.1, 0.15) is 6.10 Å². The second-order valence-corrected chi connectivity index (χ2v) is 4.67. The highest BCUT2D eigenvalue weighted by atomic mass is 16.6. The molecule has 0 spiro atoms. The minimum atomic E-state index is -0.858. The van der Waals surface area contributed by atoms with Crippen molar-refractivity contribution in [2.24, 2.45) is 0 Å². The Hall–Kier alpha value is -1.53. The fourth-order valence-electron chi connectivity index (χ4n) is 2.32. The number of carbonyl (C=O) groups is 1. The van der Waals surface area contributed by atoms with Crippen LogP contribution in [0.3, 0.4) is 0 Å². The Labute approximate surface area is 118 Å². The van der Waals surface area contributed by atoms with Crippen LogP contribution in [0.1, 0.15) is 42.7 Å². The van der Waals surface area contributed by atoms with Gasteiger partial charge in [-0.2, -0.15) is 0 Å². The lowest BCUT2D eigenvalue weighted by Crippen LogP contribution is -2.25. The molecule has 1 fully saturated rings. The maximum Gasteiger partial charge on any atom is 0.307 e. The Morgan fingerprint density at radius 1 is 1.25 bits per heavy atom. The van der Waals surface area contributed by atoms with Gasteiger partial charge >= 0.3 is 5.97 Å². The van der Waals surface area contributed by atoms with Crippen LogP contribution in [-0.4, -0.2) is 40.9 Å². The standard InChI is InChI=1S/C14H20N2O4/c1-3-10-9(7-13(17)18)11(4-2)16-14(15-10)12-8-19-5-6-20-12/h12H,3-8H2,1-2H3,(H,17,18). The number of aliphatic carboxylic acids is 1. The smallest absolute Gasteiger partial charge is 0.307 e. The molecule has 1 unspecified atom stereocenters. The van der Waals surface area contributed by atoms with Gasteiger partial charge in [-0.15, -0.1) is 0 Å². The van der Waals surface area contributed by atoms with Gasteiger partial charge in [0.15, 0.2) is 5.82 Å². The van der Waals surface area contributed by atoms with Crippen molar-refractivity contribution < 1.29 is 19.4 Å². The zero-order valence-corrected chi connectivity index (χ0v) is 11.9. The molecule has 0 aliphatic carbocycles. The molecule has 1 aliphatic rings. The molecule has 1 aliphatic heterocycles. The fourth-order valence-corrected chi connectivity index (χ4v) is 2.32. The molecule has 110 valence electrons. The van der Waals surface area contributed by atoms with Crippen molar-refractivity contribution in [2.45, 2.75) is 39.2 Å². The summed E-state index contributed by atoms with van der Waals surface area (Å²) in [6.07, 6.45) is 1.07. The topological polar surface area (TPSA) is 81.5 Å². The first-order valence-electron chi connectivity index (χ1n) is 6.95. The first-order chi connectivity index (χ1) is 9.65. The van der Waals surface area contributed by atoms with Crippen LogP contribution in [0.4, 0.5) is 0 Å². The highest BCUT2D eigenvalue weighted by molar-refractivity contribution is 5.71. The zero-order chi connectivity index (χ0) is 14.5. The summed E-state index contributed by atoms with van der Waals surface area (Å²) in [6.45, 7) is 5.51. The lowest BCUT2D eigenvalue weighted by Gasteiger charge is -2.23. The molecule has 0 radical (unpaired) electrons. The molecular formula is C14H20N2O4. The van der Waals surface area contributed by atoms with Crippen LogP contribution in [0, 0.1) is 0 Å². The molecule has 0 aromatic carbocycles. The van der Waals surface area contributed by atoms with E-state index in [0.717, 1.165) is 17.0 Å². The van der Waals surface area contributed by atoms with Gasteiger partial charge in [-0.3, -0.25) is 4.79 Å². The van der Waals surface area contributed by atoms with Crippen molar-refractivity contribution in [1.29, 1.82) is 0 Å². The number of aromatic nitrogens is 2. The van der Waals surface area contributed by atoms with E-state index in [1.807, 2.05) is 13.8 Å². The van der Waals surface area contributed by atoms with Crippen molar-refractivity contribution in [1.82, 2.24) is 9.97 Å². The Morgan fingerprint density at radius 2 is 1.90 bits per heavy atom. The number of hydrogen-bond donors (Lipinski definition) is 1. The molecule has 20 heavy (non-hydrogen) atoms. The number of ether oxygens (including phenoxy) is 2. The molecule has 0 bridgehead atoms. The first-order valence-corrected chi connectivity index (χ1v) is 6.95. The first kappa shape index (κ1) is 14.9. The SMILES string of the molecule is CCc1nc(C2COCCO2)nc(CC)c1CC(=O)O. The second kappa shape index (κ2) is 6.76. The van der Waals surface area contributed by atoms with Gasteiger partial charge in [-0.25, -0.2) is 9.97 Å². The van der Waals surface area contributed by atoms with Crippen molar-refractivity contribution in [3.63, 3.8) is 0 Å². The minimum absolute atomic E-state index is 0.0331. The second-order valence-electron chi connectivity index (χ2n) is 4.67. The molecule has 1 aromatic heterocycles. The quantitative estimate of drug-likeness (QED) is 0.876. The van der Waals surface area contributed by atoms with E-state index in [0.29, 0.717) is 38.5 Å². The minimum Gasteiger partial charge on any atom is -0.481 e. The van der Waals surface area contributed by atoms with E-state index in [9.17, 15) is 4.79 Å². The summed E-state index contributed by atoms with van der Waals surface area (Å²) in [7, 11) is 0. The van der Waals surface area contributed by atoms with Crippen LogP contribution in [0.25, 0.3) is 0 Å². The van der Waals surface area contributed by atoms with Gasteiger partial charge in [0, 0.05) is 17.0 Å². The number of rotatable bonds is 5. The number of carboxylic acid groups (broad SMARTS) is 1. The van der Waals surface area contributed by atoms with Crippen LogP contribution in [0.5, 0.6) is 0 Å². The average Bonchev–Trinajstić information content (AvgIpc) is 2.47. The third-order valence-electron chi connectivity index (χ3n) is 3.30. The molecule has 6 nitrogen and oxygen atoms in total. The molecule has 0 saturated carbocycles. The largest absolute Gasteiger partial charge is 0.481 e. The monoisotopic (exact) mass is 280 g/mol. The molecule has 2 rings (SSSR count). The predicted molar refractivity (Wildman–Crippen MR) is 71.6 cm³/mol.